The summed E-state index contributed by atoms with van der Waals surface area (Å²) < 4.78 is 0. The number of carbonyl (C=O) groups is 1. The lowest BCUT2D eigenvalue weighted by molar-refractivity contribution is 0.259. The molecule has 0 radical (unpaired) electrons. The second kappa shape index (κ2) is 4.80. The molecule has 2 amide bonds. The van der Waals surface area contributed by atoms with Crippen molar-refractivity contribution in [1.29, 1.82) is 0 Å². The van der Waals surface area contributed by atoms with E-state index in [0.29, 0.717) is 0 Å². The van der Waals surface area contributed by atoms with E-state index in [9.17, 15) is 4.79 Å². The molecule has 1 N–H and O–H groups in total. The molecule has 0 spiro atoms. The summed E-state index contributed by atoms with van der Waals surface area (Å²) in [6.45, 7) is 5.30. The molecule has 1 saturated heterocycles. The molecular formula is C14H19N3O. The maximum atomic E-state index is 11.8. The standard InChI is InChI=1S/C14H19N3O/c1-14(2)9-12(17(3)10-14)16-13(18)15-11-7-5-4-6-8-11/h4-8H,9-10H2,1-3H3,(H,15,18)/b16-12+. The molecule has 0 aliphatic carbocycles. The van der Waals surface area contributed by atoms with Crippen LogP contribution in [0, 0.1) is 5.41 Å². The number of benzene rings is 1. The fraction of sp³-hybridized carbons (Fsp3) is 0.429. The highest BCUT2D eigenvalue weighted by molar-refractivity contribution is 6.00. The molecule has 1 aromatic rings. The quantitative estimate of drug-likeness (QED) is 0.826. The predicted molar refractivity (Wildman–Crippen MR) is 73.9 cm³/mol. The van der Waals surface area contributed by atoms with Gasteiger partial charge in [0.25, 0.3) is 0 Å². The van der Waals surface area contributed by atoms with Crippen LogP contribution in [-0.2, 0) is 0 Å². The van der Waals surface area contributed by atoms with E-state index in [0.717, 1.165) is 24.5 Å². The van der Waals surface area contributed by atoms with Crippen molar-refractivity contribution in [3.05, 3.63) is 30.3 Å². The average Bonchev–Trinajstić information content (AvgIpc) is 2.53. The van der Waals surface area contributed by atoms with Gasteiger partial charge in [0.2, 0.25) is 0 Å². The van der Waals surface area contributed by atoms with Crippen molar-refractivity contribution >= 4 is 17.6 Å². The molecule has 96 valence electrons. The maximum absolute atomic E-state index is 11.8. The molecular weight excluding hydrogens is 226 g/mol. The third-order valence-electron chi connectivity index (χ3n) is 3.00. The molecule has 18 heavy (non-hydrogen) atoms. The number of nitrogens with zero attached hydrogens (tertiary/aromatic N) is 2. The highest BCUT2D eigenvalue weighted by Gasteiger charge is 2.32. The van der Waals surface area contributed by atoms with Crippen LogP contribution in [0.5, 0.6) is 0 Å². The van der Waals surface area contributed by atoms with E-state index < -0.39 is 0 Å². The number of carbonyl (C=O) groups excluding carboxylic acids is 1. The van der Waals surface area contributed by atoms with E-state index >= 15 is 0 Å². The van der Waals surface area contributed by atoms with Crippen molar-refractivity contribution in [2.45, 2.75) is 20.3 Å². The number of hydrogen-bond donors (Lipinski definition) is 1. The van der Waals surface area contributed by atoms with Gasteiger partial charge in [-0.15, -0.1) is 0 Å². The summed E-state index contributed by atoms with van der Waals surface area (Å²) in [5.74, 6) is 0.855. The summed E-state index contributed by atoms with van der Waals surface area (Å²) in [6, 6.07) is 9.07. The summed E-state index contributed by atoms with van der Waals surface area (Å²) in [4.78, 5) is 18.0. The largest absolute Gasteiger partial charge is 0.362 e. The number of amides is 2. The topological polar surface area (TPSA) is 44.7 Å². The molecule has 1 fully saturated rings. The summed E-state index contributed by atoms with van der Waals surface area (Å²) in [5.41, 5.74) is 0.965. The van der Waals surface area contributed by atoms with Crippen molar-refractivity contribution in [1.82, 2.24) is 4.90 Å². The van der Waals surface area contributed by atoms with Gasteiger partial charge in [0, 0.05) is 25.7 Å². The van der Waals surface area contributed by atoms with Crippen LogP contribution in [0.15, 0.2) is 35.3 Å². The predicted octanol–water partition coefficient (Wildman–Crippen LogP) is 2.98. The van der Waals surface area contributed by atoms with E-state index in [1.54, 1.807) is 0 Å². The van der Waals surface area contributed by atoms with Gasteiger partial charge in [-0.25, -0.2) is 4.79 Å². The molecule has 0 atom stereocenters. The lowest BCUT2D eigenvalue weighted by atomic mass is 9.93. The molecule has 0 unspecified atom stereocenters. The maximum Gasteiger partial charge on any atom is 0.347 e. The first-order chi connectivity index (χ1) is 8.46. The Morgan fingerprint density at radius 1 is 1.33 bits per heavy atom. The Kier molecular flexibility index (Phi) is 3.36. The summed E-state index contributed by atoms with van der Waals surface area (Å²) in [5, 5.41) is 2.76. The van der Waals surface area contributed by atoms with Crippen LogP contribution < -0.4 is 5.32 Å². The number of likely N-dealkylation sites (tertiary alicyclic amines) is 1. The lowest BCUT2D eigenvalue weighted by Gasteiger charge is -2.15. The molecule has 1 aliphatic heterocycles. The smallest absolute Gasteiger partial charge is 0.347 e. The normalized spacial score (nSPS) is 20.2. The molecule has 2 rings (SSSR count). The van der Waals surface area contributed by atoms with Crippen LogP contribution in [0.4, 0.5) is 10.5 Å². The van der Waals surface area contributed by atoms with Gasteiger partial charge < -0.3 is 10.2 Å². The number of aliphatic imine (C=N–C) groups is 1. The zero-order chi connectivity index (χ0) is 13.2. The fourth-order valence-electron chi connectivity index (χ4n) is 2.27. The Hall–Kier alpha value is -1.84. The third kappa shape index (κ3) is 3.09. The zero-order valence-electron chi connectivity index (χ0n) is 11.1. The van der Waals surface area contributed by atoms with Gasteiger partial charge in [-0.3, -0.25) is 0 Å². The SMILES string of the molecule is CN1CC(C)(C)C/C1=N\C(=O)Nc1ccccc1. The van der Waals surface area contributed by atoms with E-state index in [4.69, 9.17) is 0 Å². The summed E-state index contributed by atoms with van der Waals surface area (Å²) >= 11 is 0. The van der Waals surface area contributed by atoms with Crippen molar-refractivity contribution < 1.29 is 4.79 Å². The number of anilines is 1. The first-order valence-corrected chi connectivity index (χ1v) is 6.11. The molecule has 1 heterocycles. The zero-order valence-corrected chi connectivity index (χ0v) is 11.1. The Bertz CT molecular complexity index is 465. The monoisotopic (exact) mass is 245 g/mol. The lowest BCUT2D eigenvalue weighted by Crippen LogP contribution is -2.23. The minimum Gasteiger partial charge on any atom is -0.362 e. The molecule has 0 saturated carbocycles. The third-order valence-corrected chi connectivity index (χ3v) is 3.00. The van der Waals surface area contributed by atoms with E-state index in [2.05, 4.69) is 24.2 Å². The van der Waals surface area contributed by atoms with Crippen LogP contribution in [-0.4, -0.2) is 30.4 Å². The van der Waals surface area contributed by atoms with Crippen LogP contribution in [0.25, 0.3) is 0 Å². The minimum absolute atomic E-state index is 0.195. The number of urea groups is 1. The van der Waals surface area contributed by atoms with E-state index in [1.165, 1.54) is 0 Å². The molecule has 0 bridgehead atoms. The van der Waals surface area contributed by atoms with Gasteiger partial charge >= 0.3 is 6.03 Å². The van der Waals surface area contributed by atoms with Crippen LogP contribution in [0.1, 0.15) is 20.3 Å². The first kappa shape index (κ1) is 12.6. The Labute approximate surface area is 108 Å². The second-order valence-corrected chi connectivity index (χ2v) is 5.52. The van der Waals surface area contributed by atoms with Gasteiger partial charge in [-0.2, -0.15) is 4.99 Å². The Balaban J connectivity index is 2.03. The highest BCUT2D eigenvalue weighted by atomic mass is 16.2. The van der Waals surface area contributed by atoms with Crippen molar-refractivity contribution in [3.63, 3.8) is 0 Å². The molecule has 0 aromatic heterocycles. The van der Waals surface area contributed by atoms with Gasteiger partial charge in [0.15, 0.2) is 0 Å². The van der Waals surface area contributed by atoms with Crippen LogP contribution in [0.2, 0.25) is 0 Å². The number of rotatable bonds is 1. The van der Waals surface area contributed by atoms with Gasteiger partial charge in [-0.1, -0.05) is 32.0 Å². The number of hydrogen-bond acceptors (Lipinski definition) is 1. The molecule has 1 aliphatic rings. The van der Waals surface area contributed by atoms with Crippen molar-refractivity contribution in [2.24, 2.45) is 10.4 Å². The second-order valence-electron chi connectivity index (χ2n) is 5.52. The van der Waals surface area contributed by atoms with Gasteiger partial charge in [0.1, 0.15) is 5.84 Å². The van der Waals surface area contributed by atoms with E-state index in [1.807, 2.05) is 42.3 Å². The molecule has 4 nitrogen and oxygen atoms in total. The van der Waals surface area contributed by atoms with Crippen LogP contribution >= 0.6 is 0 Å². The van der Waals surface area contributed by atoms with Crippen molar-refractivity contribution in [3.8, 4) is 0 Å². The number of nitrogens with one attached hydrogen (secondary N) is 1. The van der Waals surface area contributed by atoms with Crippen molar-refractivity contribution in [2.75, 3.05) is 18.9 Å². The Morgan fingerprint density at radius 2 is 2.00 bits per heavy atom. The average molecular weight is 245 g/mol. The van der Waals surface area contributed by atoms with Crippen LogP contribution in [0.3, 0.4) is 0 Å². The van der Waals surface area contributed by atoms with E-state index in [-0.39, 0.29) is 11.4 Å². The fourth-order valence-corrected chi connectivity index (χ4v) is 2.27. The molecule has 1 aromatic carbocycles. The van der Waals surface area contributed by atoms with Gasteiger partial charge in [-0.05, 0) is 17.5 Å². The number of amidine groups is 1. The van der Waals surface area contributed by atoms with Gasteiger partial charge in [0.05, 0.1) is 0 Å². The molecule has 4 heteroatoms. The summed E-state index contributed by atoms with van der Waals surface area (Å²) in [6.07, 6.45) is 0.839. The first-order valence-electron chi connectivity index (χ1n) is 6.11. The number of para-hydroxylation sites is 1. The Morgan fingerprint density at radius 3 is 2.56 bits per heavy atom. The minimum atomic E-state index is -0.305. The summed E-state index contributed by atoms with van der Waals surface area (Å²) in [7, 11) is 1.98. The highest BCUT2D eigenvalue weighted by Crippen LogP contribution is 2.29.